The van der Waals surface area contributed by atoms with Gasteiger partial charge in [0, 0.05) is 10.9 Å². The van der Waals surface area contributed by atoms with Crippen LogP contribution in [0.1, 0.15) is 5.56 Å². The minimum absolute atomic E-state index is 0.103. The summed E-state index contributed by atoms with van der Waals surface area (Å²) in [4.78, 5) is 0. The van der Waals surface area contributed by atoms with Crippen LogP contribution in [0.2, 0.25) is 0 Å². The summed E-state index contributed by atoms with van der Waals surface area (Å²) in [7, 11) is 0. The Bertz CT molecular complexity index is 1570. The normalized spacial score (nSPS) is 12.8. The molecule has 1 aromatic heterocycles. The summed E-state index contributed by atoms with van der Waals surface area (Å²) < 4.78 is 7.27. The Kier molecular flexibility index (Phi) is 5.19. The van der Waals surface area contributed by atoms with E-state index in [4.69, 9.17) is 9.84 Å². The van der Waals surface area contributed by atoms with Crippen LogP contribution in [-0.4, -0.2) is 44.5 Å². The minimum atomic E-state index is -0.853. The van der Waals surface area contributed by atoms with Crippen molar-refractivity contribution in [1.29, 1.82) is 0 Å². The van der Waals surface area contributed by atoms with E-state index in [0.29, 0.717) is 6.61 Å². The van der Waals surface area contributed by atoms with Gasteiger partial charge in [-0.05, 0) is 38.6 Å². The first kappa shape index (κ1) is 20.7. The van der Waals surface area contributed by atoms with Crippen molar-refractivity contribution < 1.29 is 14.9 Å². The molecule has 0 radical (unpaired) electrons. The first-order chi connectivity index (χ1) is 16.7. The molecule has 168 valence electrons. The molecule has 1 heterocycles. The zero-order valence-corrected chi connectivity index (χ0v) is 18.4. The van der Waals surface area contributed by atoms with Crippen LogP contribution in [0.4, 0.5) is 0 Å². The van der Waals surface area contributed by atoms with Crippen LogP contribution >= 0.6 is 0 Å². The number of rotatable bonds is 7. The standard InChI is InChI=1S/C28H23N3O3/c32-15-23(33)17-34-16-18-4-6-19(7-5-18)25-14-31(30-29-25)26-13-11-22-9-8-20-2-1-3-21-10-12-24(26)28(22)27(20)21/h1-14,23,32-33H,15-17H2/t23-/m1/s1. The fourth-order valence-corrected chi connectivity index (χ4v) is 4.57. The molecule has 6 rings (SSSR count). The fraction of sp³-hybridized carbons (Fsp3) is 0.143. The molecule has 5 aromatic carbocycles. The molecule has 6 heteroatoms. The van der Waals surface area contributed by atoms with E-state index < -0.39 is 6.10 Å². The van der Waals surface area contributed by atoms with Gasteiger partial charge in [-0.3, -0.25) is 0 Å². The number of aliphatic hydroxyl groups excluding tert-OH is 2. The van der Waals surface area contributed by atoms with Crippen LogP contribution in [0.15, 0.2) is 85.1 Å². The molecule has 34 heavy (non-hydrogen) atoms. The van der Waals surface area contributed by atoms with E-state index in [-0.39, 0.29) is 13.2 Å². The average molecular weight is 450 g/mol. The topological polar surface area (TPSA) is 80.4 Å². The van der Waals surface area contributed by atoms with Crippen LogP contribution < -0.4 is 0 Å². The van der Waals surface area contributed by atoms with E-state index in [0.717, 1.165) is 27.9 Å². The molecule has 6 aromatic rings. The van der Waals surface area contributed by atoms with Gasteiger partial charge in [0.15, 0.2) is 0 Å². The maximum atomic E-state index is 9.38. The Labute approximate surface area is 196 Å². The van der Waals surface area contributed by atoms with E-state index >= 15 is 0 Å². The lowest BCUT2D eigenvalue weighted by Crippen LogP contribution is -2.19. The SMILES string of the molecule is OC[C@@H](O)COCc1ccc(-c2cn(-c3ccc4ccc5cccc6ccc3c4c56)nn2)cc1. The molecule has 0 spiro atoms. The van der Waals surface area contributed by atoms with Crippen molar-refractivity contribution in [3.63, 3.8) is 0 Å². The summed E-state index contributed by atoms with van der Waals surface area (Å²) in [5, 5.41) is 34.5. The lowest BCUT2D eigenvalue weighted by atomic mass is 9.93. The van der Waals surface area contributed by atoms with Crippen molar-refractivity contribution in [3.05, 3.63) is 90.6 Å². The number of hydrogen-bond donors (Lipinski definition) is 2. The van der Waals surface area contributed by atoms with Crippen molar-refractivity contribution in [3.8, 4) is 16.9 Å². The van der Waals surface area contributed by atoms with Crippen molar-refractivity contribution in [2.45, 2.75) is 12.7 Å². The van der Waals surface area contributed by atoms with Crippen LogP contribution in [0, 0.1) is 0 Å². The highest BCUT2D eigenvalue weighted by Crippen LogP contribution is 2.37. The predicted octanol–water partition coefficient (Wildman–Crippen LogP) is 4.70. The Morgan fingerprint density at radius 3 is 2.29 bits per heavy atom. The van der Waals surface area contributed by atoms with E-state index in [1.165, 1.54) is 26.9 Å². The predicted molar refractivity (Wildman–Crippen MR) is 133 cm³/mol. The minimum Gasteiger partial charge on any atom is -0.394 e. The molecular formula is C28H23N3O3. The summed E-state index contributed by atoms with van der Waals surface area (Å²) >= 11 is 0. The summed E-state index contributed by atoms with van der Waals surface area (Å²) in [5.41, 5.74) is 3.72. The van der Waals surface area contributed by atoms with Crippen LogP contribution in [0.3, 0.4) is 0 Å². The Hall–Kier alpha value is -3.84. The van der Waals surface area contributed by atoms with Gasteiger partial charge in [0.1, 0.15) is 11.8 Å². The molecule has 0 amide bonds. The first-order valence-electron chi connectivity index (χ1n) is 11.3. The van der Waals surface area contributed by atoms with Crippen molar-refractivity contribution >= 4 is 32.3 Å². The first-order valence-corrected chi connectivity index (χ1v) is 11.3. The van der Waals surface area contributed by atoms with E-state index in [1.54, 1.807) is 0 Å². The van der Waals surface area contributed by atoms with Gasteiger partial charge in [0.2, 0.25) is 0 Å². The number of benzene rings is 5. The molecule has 0 saturated heterocycles. The van der Waals surface area contributed by atoms with Gasteiger partial charge in [-0.15, -0.1) is 5.10 Å². The molecule has 0 unspecified atom stereocenters. The third kappa shape index (κ3) is 3.58. The largest absolute Gasteiger partial charge is 0.394 e. The molecule has 1 atom stereocenters. The summed E-state index contributed by atoms with van der Waals surface area (Å²) in [5.74, 6) is 0. The maximum absolute atomic E-state index is 9.38. The Morgan fingerprint density at radius 1 is 0.824 bits per heavy atom. The van der Waals surface area contributed by atoms with Gasteiger partial charge >= 0.3 is 0 Å². The number of hydrogen-bond acceptors (Lipinski definition) is 5. The lowest BCUT2D eigenvalue weighted by molar-refractivity contribution is 0.0000271. The number of ether oxygens (including phenoxy) is 1. The van der Waals surface area contributed by atoms with Crippen molar-refractivity contribution in [2.24, 2.45) is 0 Å². The summed E-state index contributed by atoms with van der Waals surface area (Å²) in [6, 6.07) is 27.3. The van der Waals surface area contributed by atoms with E-state index in [9.17, 15) is 5.11 Å². The highest BCUT2D eigenvalue weighted by molar-refractivity contribution is 6.24. The smallest absolute Gasteiger partial charge is 0.113 e. The molecule has 6 nitrogen and oxygen atoms in total. The Balaban J connectivity index is 1.32. The second-order valence-corrected chi connectivity index (χ2v) is 8.54. The summed E-state index contributed by atoms with van der Waals surface area (Å²) in [6.45, 7) is 0.166. The van der Waals surface area contributed by atoms with Gasteiger partial charge < -0.3 is 14.9 Å². The van der Waals surface area contributed by atoms with E-state index in [1.807, 2.05) is 35.1 Å². The quantitative estimate of drug-likeness (QED) is 0.345. The van der Waals surface area contributed by atoms with Gasteiger partial charge in [0.25, 0.3) is 0 Å². The number of aromatic nitrogens is 3. The van der Waals surface area contributed by atoms with Crippen molar-refractivity contribution in [2.75, 3.05) is 13.2 Å². The second kappa shape index (κ2) is 8.50. The number of aliphatic hydroxyl groups is 2. The second-order valence-electron chi connectivity index (χ2n) is 8.54. The molecule has 0 fully saturated rings. The van der Waals surface area contributed by atoms with Crippen LogP contribution in [0.25, 0.3) is 49.3 Å². The molecular weight excluding hydrogens is 426 g/mol. The third-order valence-corrected chi connectivity index (χ3v) is 6.29. The zero-order valence-electron chi connectivity index (χ0n) is 18.4. The maximum Gasteiger partial charge on any atom is 0.113 e. The highest BCUT2D eigenvalue weighted by atomic mass is 16.5. The molecule has 0 bridgehead atoms. The Morgan fingerprint density at radius 2 is 1.53 bits per heavy atom. The highest BCUT2D eigenvalue weighted by Gasteiger charge is 2.13. The molecule has 0 saturated carbocycles. The van der Waals surface area contributed by atoms with Gasteiger partial charge in [-0.2, -0.15) is 0 Å². The number of nitrogens with zero attached hydrogens (tertiary/aromatic N) is 3. The fourth-order valence-electron chi connectivity index (χ4n) is 4.57. The lowest BCUT2D eigenvalue weighted by Gasteiger charge is -2.13. The molecule has 0 aliphatic rings. The van der Waals surface area contributed by atoms with Gasteiger partial charge in [-0.25, -0.2) is 4.68 Å². The average Bonchev–Trinajstić information content (AvgIpc) is 3.37. The van der Waals surface area contributed by atoms with Crippen molar-refractivity contribution in [1.82, 2.24) is 15.0 Å². The molecule has 2 N–H and O–H groups in total. The van der Waals surface area contributed by atoms with Gasteiger partial charge in [0.05, 0.1) is 31.7 Å². The summed E-state index contributed by atoms with van der Waals surface area (Å²) in [6.07, 6.45) is 1.10. The van der Waals surface area contributed by atoms with Crippen LogP contribution in [-0.2, 0) is 11.3 Å². The molecule has 0 aliphatic carbocycles. The van der Waals surface area contributed by atoms with E-state index in [2.05, 4.69) is 64.9 Å². The molecule has 0 aliphatic heterocycles. The van der Waals surface area contributed by atoms with Crippen LogP contribution in [0.5, 0.6) is 0 Å². The monoisotopic (exact) mass is 449 g/mol. The zero-order chi connectivity index (χ0) is 23.1. The van der Waals surface area contributed by atoms with Gasteiger partial charge in [-0.1, -0.05) is 78.0 Å². The third-order valence-electron chi connectivity index (χ3n) is 6.29.